The second kappa shape index (κ2) is 8.03. The number of pyridine rings is 2. The van der Waals surface area contributed by atoms with Crippen LogP contribution in [0.25, 0.3) is 17.1 Å². The zero-order valence-corrected chi connectivity index (χ0v) is 16.0. The third kappa shape index (κ3) is 3.92. The van der Waals surface area contributed by atoms with Crippen molar-refractivity contribution in [3.8, 4) is 22.8 Å². The molecule has 0 saturated carbocycles. The van der Waals surface area contributed by atoms with Crippen molar-refractivity contribution in [2.24, 2.45) is 0 Å². The molecule has 0 atom stereocenters. The van der Waals surface area contributed by atoms with E-state index in [1.165, 1.54) is 30.3 Å². The molecule has 2 aromatic rings. The maximum absolute atomic E-state index is 13.0. The Morgan fingerprint density at radius 3 is 2.67 bits per heavy atom. The van der Waals surface area contributed by atoms with E-state index in [4.69, 9.17) is 11.6 Å². The quantitative estimate of drug-likeness (QED) is 0.454. The predicted molar refractivity (Wildman–Crippen MR) is 106 cm³/mol. The van der Waals surface area contributed by atoms with Crippen LogP contribution in [0, 0.1) is 0 Å². The molecule has 2 aliphatic rings. The summed E-state index contributed by atoms with van der Waals surface area (Å²) in [7, 11) is 0. The van der Waals surface area contributed by atoms with Gasteiger partial charge >= 0.3 is 12.3 Å². The van der Waals surface area contributed by atoms with Crippen LogP contribution in [0.4, 0.5) is 8.78 Å². The topological polar surface area (TPSA) is 79.0 Å². The van der Waals surface area contributed by atoms with Crippen LogP contribution in [0.15, 0.2) is 70.5 Å². The lowest BCUT2D eigenvalue weighted by Crippen LogP contribution is -2.36. The maximum Gasteiger partial charge on any atom is 0.387 e. The minimum absolute atomic E-state index is 0.0786. The molecule has 1 aromatic heterocycles. The highest BCUT2D eigenvalue weighted by Crippen LogP contribution is 2.19. The van der Waals surface area contributed by atoms with Gasteiger partial charge in [-0.25, -0.2) is 14.3 Å². The highest BCUT2D eigenvalue weighted by atomic mass is 35.5. The van der Waals surface area contributed by atoms with Crippen LogP contribution < -0.4 is 16.0 Å². The van der Waals surface area contributed by atoms with Crippen LogP contribution in [0.1, 0.15) is 5.56 Å². The molecule has 10 heteroatoms. The van der Waals surface area contributed by atoms with Crippen LogP contribution in [-0.4, -0.2) is 25.7 Å². The van der Waals surface area contributed by atoms with Crippen LogP contribution in [-0.2, 0) is 6.54 Å². The van der Waals surface area contributed by atoms with Gasteiger partial charge in [0.2, 0.25) is 0 Å². The lowest BCUT2D eigenvalue weighted by Gasteiger charge is -2.15. The predicted octanol–water partition coefficient (Wildman–Crippen LogP) is 3.20. The first-order valence-electron chi connectivity index (χ1n) is 8.70. The highest BCUT2D eigenvalue weighted by molar-refractivity contribution is 6.29. The molecule has 0 amide bonds. The molecule has 0 spiro atoms. The standard InChI is InChI=1S/C20H13ClF2N4O3/c21-16-7-6-12(10-24-16)11-26-8-2-5-15-17(26)25-20(29)27(18(15)28)13-3-1-4-14(9-13)30-19(22)23/h1-10,19H,11H2. The first kappa shape index (κ1) is 19.7. The van der Waals surface area contributed by atoms with Crippen LogP contribution >= 0.6 is 11.6 Å². The molecule has 3 heterocycles. The van der Waals surface area contributed by atoms with Crippen molar-refractivity contribution in [3.05, 3.63) is 92.5 Å². The van der Waals surface area contributed by atoms with Gasteiger partial charge in [-0.2, -0.15) is 13.8 Å². The number of halogens is 3. The van der Waals surface area contributed by atoms with Crippen molar-refractivity contribution < 1.29 is 13.5 Å². The van der Waals surface area contributed by atoms with E-state index in [9.17, 15) is 18.4 Å². The third-order valence-corrected chi connectivity index (χ3v) is 4.53. The molecule has 30 heavy (non-hydrogen) atoms. The fraction of sp³-hybridized carbons (Fsp3) is 0.100. The maximum atomic E-state index is 13.0. The summed E-state index contributed by atoms with van der Waals surface area (Å²) in [5.74, 6) is 0.0194. The Kier molecular flexibility index (Phi) is 5.28. The Bertz CT molecular complexity index is 1290. The number of rotatable bonds is 5. The first-order chi connectivity index (χ1) is 14.4. The molecule has 4 rings (SSSR count). The molecule has 0 radical (unpaired) electrons. The summed E-state index contributed by atoms with van der Waals surface area (Å²) >= 11 is 5.80. The molecular formula is C20H13ClF2N4O3. The summed E-state index contributed by atoms with van der Waals surface area (Å²) in [4.78, 5) is 33.7. The largest absolute Gasteiger partial charge is 0.435 e. The van der Waals surface area contributed by atoms with E-state index in [1.54, 1.807) is 35.2 Å². The Hall–Kier alpha value is -3.59. The Labute approximate surface area is 173 Å². The smallest absolute Gasteiger partial charge is 0.387 e. The van der Waals surface area contributed by atoms with Gasteiger partial charge in [-0.1, -0.05) is 23.7 Å². The van der Waals surface area contributed by atoms with Crippen LogP contribution in [0.5, 0.6) is 5.75 Å². The zero-order valence-electron chi connectivity index (χ0n) is 15.2. The van der Waals surface area contributed by atoms with E-state index >= 15 is 0 Å². The normalized spacial score (nSPS) is 11.2. The molecule has 152 valence electrons. The van der Waals surface area contributed by atoms with Crippen molar-refractivity contribution in [2.75, 3.05) is 0 Å². The van der Waals surface area contributed by atoms with Gasteiger partial charge in [0, 0.05) is 18.5 Å². The fourth-order valence-electron chi connectivity index (χ4n) is 3.03. The van der Waals surface area contributed by atoms with Gasteiger partial charge < -0.3 is 9.30 Å². The van der Waals surface area contributed by atoms with Gasteiger partial charge in [-0.15, -0.1) is 0 Å². The summed E-state index contributed by atoms with van der Waals surface area (Å²) in [6.45, 7) is -2.71. The summed E-state index contributed by atoms with van der Waals surface area (Å²) in [6.07, 6.45) is 3.27. The molecule has 0 N–H and O–H groups in total. The van der Waals surface area contributed by atoms with Gasteiger partial charge in [0.1, 0.15) is 10.9 Å². The van der Waals surface area contributed by atoms with Gasteiger partial charge in [0.05, 0.1) is 17.8 Å². The van der Waals surface area contributed by atoms with E-state index in [-0.39, 0.29) is 22.8 Å². The Balaban J connectivity index is 1.81. The van der Waals surface area contributed by atoms with Crippen molar-refractivity contribution in [1.29, 1.82) is 0 Å². The number of ether oxygens (including phenoxy) is 1. The van der Waals surface area contributed by atoms with Gasteiger partial charge in [0.25, 0.3) is 5.56 Å². The SMILES string of the molecule is O=c1nc2n(Cc3ccc(Cl)nc3)cccc-2c(=O)n1-c1cccc(OC(F)F)c1. The summed E-state index contributed by atoms with van der Waals surface area (Å²) in [5, 5.41) is 0.350. The highest BCUT2D eigenvalue weighted by Gasteiger charge is 2.18. The molecule has 7 nitrogen and oxygen atoms in total. The lowest BCUT2D eigenvalue weighted by atomic mass is 10.2. The first-order valence-corrected chi connectivity index (χ1v) is 9.08. The van der Waals surface area contributed by atoms with Crippen molar-refractivity contribution in [2.45, 2.75) is 13.2 Å². The molecule has 0 fully saturated rings. The van der Waals surface area contributed by atoms with Crippen molar-refractivity contribution in [3.63, 3.8) is 0 Å². The van der Waals surface area contributed by atoms with Gasteiger partial charge in [-0.05, 0) is 35.9 Å². The Morgan fingerprint density at radius 1 is 1.10 bits per heavy atom. The number of hydrogen-bond donors (Lipinski definition) is 0. The third-order valence-electron chi connectivity index (χ3n) is 4.31. The molecule has 0 unspecified atom stereocenters. The van der Waals surface area contributed by atoms with E-state index < -0.39 is 17.9 Å². The number of fused-ring (bicyclic) bond motifs is 1. The summed E-state index contributed by atoms with van der Waals surface area (Å²) < 4.78 is 31.8. The van der Waals surface area contributed by atoms with E-state index in [0.29, 0.717) is 11.7 Å². The number of alkyl halides is 2. The average Bonchev–Trinajstić information content (AvgIpc) is 2.70. The monoisotopic (exact) mass is 430 g/mol. The summed E-state index contributed by atoms with van der Waals surface area (Å²) in [6, 6.07) is 11.9. The van der Waals surface area contributed by atoms with Crippen LogP contribution in [0.2, 0.25) is 5.15 Å². The molecule has 0 saturated heterocycles. The average molecular weight is 431 g/mol. The lowest BCUT2D eigenvalue weighted by molar-refractivity contribution is -0.0498. The second-order valence-corrected chi connectivity index (χ2v) is 6.66. The number of aromatic nitrogens is 4. The van der Waals surface area contributed by atoms with Crippen molar-refractivity contribution in [1.82, 2.24) is 19.1 Å². The zero-order chi connectivity index (χ0) is 21.3. The molecular weight excluding hydrogens is 418 g/mol. The number of benzene rings is 1. The van der Waals surface area contributed by atoms with Gasteiger partial charge in [0.15, 0.2) is 5.82 Å². The van der Waals surface area contributed by atoms with E-state index in [1.807, 2.05) is 0 Å². The number of hydrogen-bond acceptors (Lipinski definition) is 5. The molecule has 2 aliphatic heterocycles. The minimum atomic E-state index is -3.03. The van der Waals surface area contributed by atoms with Crippen molar-refractivity contribution >= 4 is 11.6 Å². The second-order valence-electron chi connectivity index (χ2n) is 6.27. The Morgan fingerprint density at radius 2 is 1.93 bits per heavy atom. The fourth-order valence-corrected chi connectivity index (χ4v) is 3.14. The molecule has 1 aromatic carbocycles. The molecule has 0 bridgehead atoms. The van der Waals surface area contributed by atoms with E-state index in [0.717, 1.165) is 10.1 Å². The minimum Gasteiger partial charge on any atom is -0.435 e. The van der Waals surface area contributed by atoms with Gasteiger partial charge in [-0.3, -0.25) is 4.79 Å². The number of nitrogens with zero attached hydrogens (tertiary/aromatic N) is 4. The molecule has 0 aliphatic carbocycles. The van der Waals surface area contributed by atoms with E-state index in [2.05, 4.69) is 14.7 Å². The summed E-state index contributed by atoms with van der Waals surface area (Å²) in [5.41, 5.74) is -0.389. The van der Waals surface area contributed by atoms with Crippen LogP contribution in [0.3, 0.4) is 0 Å².